The van der Waals surface area contributed by atoms with Crippen LogP contribution in [0.15, 0.2) is 53.1 Å². The molecule has 10 heteroatoms. The molecule has 2 aromatic carbocycles. The van der Waals surface area contributed by atoms with Crippen LogP contribution in [0, 0.1) is 0 Å². The summed E-state index contributed by atoms with van der Waals surface area (Å²) in [5.41, 5.74) is 0.424. The molecule has 0 radical (unpaired) electrons. The van der Waals surface area contributed by atoms with E-state index in [0.29, 0.717) is 26.2 Å². The monoisotopic (exact) mass is 460 g/mol. The van der Waals surface area contributed by atoms with Crippen LogP contribution in [0.5, 0.6) is 5.75 Å². The summed E-state index contributed by atoms with van der Waals surface area (Å²) in [5, 5.41) is 3.76. The number of piperazine rings is 1. The van der Waals surface area contributed by atoms with E-state index in [2.05, 4.69) is 15.0 Å². The molecule has 7 nitrogen and oxygen atoms in total. The normalized spacial score (nSPS) is 14.4. The van der Waals surface area contributed by atoms with Crippen LogP contribution in [0.2, 0.25) is 0 Å². The number of benzene rings is 2. The number of amides is 1. The molecule has 0 bridgehead atoms. The highest BCUT2D eigenvalue weighted by Crippen LogP contribution is 2.31. The molecule has 1 saturated heterocycles. The zero-order valence-electron chi connectivity index (χ0n) is 18.0. The van der Waals surface area contributed by atoms with Crippen molar-refractivity contribution >= 4 is 11.6 Å². The van der Waals surface area contributed by atoms with Gasteiger partial charge in [-0.05, 0) is 24.3 Å². The van der Waals surface area contributed by atoms with Gasteiger partial charge in [0.2, 0.25) is 17.6 Å². The minimum Gasteiger partial charge on any atom is -0.495 e. The smallest absolute Gasteiger partial charge is 0.416 e. The zero-order chi connectivity index (χ0) is 23.4. The van der Waals surface area contributed by atoms with Gasteiger partial charge in [0.1, 0.15) is 5.75 Å². The number of carbonyl (C=O) groups is 1. The molecule has 1 fully saturated rings. The van der Waals surface area contributed by atoms with Crippen molar-refractivity contribution in [2.75, 3.05) is 38.2 Å². The van der Waals surface area contributed by atoms with Crippen LogP contribution in [-0.2, 0) is 17.4 Å². The van der Waals surface area contributed by atoms with Gasteiger partial charge < -0.3 is 19.1 Å². The number of aromatic nitrogens is 2. The first-order valence-electron chi connectivity index (χ1n) is 10.5. The maximum Gasteiger partial charge on any atom is 0.416 e. The van der Waals surface area contributed by atoms with E-state index in [1.807, 2.05) is 24.3 Å². The number of hydrogen-bond acceptors (Lipinski definition) is 6. The third-order valence-corrected chi connectivity index (χ3v) is 5.53. The lowest BCUT2D eigenvalue weighted by Crippen LogP contribution is -2.48. The Morgan fingerprint density at radius 3 is 2.58 bits per heavy atom. The molecule has 174 valence electrons. The van der Waals surface area contributed by atoms with Gasteiger partial charge in [-0.3, -0.25) is 4.79 Å². The van der Waals surface area contributed by atoms with Crippen molar-refractivity contribution in [1.29, 1.82) is 0 Å². The number of aryl methyl sites for hydroxylation is 1. The number of rotatable bonds is 6. The van der Waals surface area contributed by atoms with Crippen molar-refractivity contribution in [3.63, 3.8) is 0 Å². The fourth-order valence-corrected chi connectivity index (χ4v) is 3.77. The van der Waals surface area contributed by atoms with E-state index in [4.69, 9.17) is 9.26 Å². The second-order valence-corrected chi connectivity index (χ2v) is 7.63. The summed E-state index contributed by atoms with van der Waals surface area (Å²) in [4.78, 5) is 20.8. The molecular weight excluding hydrogens is 437 g/mol. The fourth-order valence-electron chi connectivity index (χ4n) is 3.77. The summed E-state index contributed by atoms with van der Waals surface area (Å²) in [6.45, 7) is 2.53. The van der Waals surface area contributed by atoms with E-state index in [0.717, 1.165) is 23.6 Å². The Labute approximate surface area is 188 Å². The molecule has 0 spiro atoms. The molecule has 0 N–H and O–H groups in total. The predicted molar refractivity (Wildman–Crippen MR) is 115 cm³/mol. The largest absolute Gasteiger partial charge is 0.495 e. The van der Waals surface area contributed by atoms with Gasteiger partial charge in [0.05, 0.1) is 18.4 Å². The lowest BCUT2D eigenvalue weighted by molar-refractivity contribution is -0.137. The Morgan fingerprint density at radius 2 is 1.85 bits per heavy atom. The van der Waals surface area contributed by atoms with Crippen LogP contribution < -0.4 is 9.64 Å². The molecule has 2 heterocycles. The van der Waals surface area contributed by atoms with Gasteiger partial charge in [-0.25, -0.2) is 0 Å². The summed E-state index contributed by atoms with van der Waals surface area (Å²) < 4.78 is 49.3. The molecule has 1 amide bonds. The maximum absolute atomic E-state index is 12.9. The average molecular weight is 460 g/mol. The second kappa shape index (κ2) is 9.51. The molecule has 4 rings (SSSR count). The number of methoxy groups -OCH3 is 1. The molecule has 0 unspecified atom stereocenters. The molecule has 0 saturated carbocycles. The van der Waals surface area contributed by atoms with Crippen LogP contribution in [0.1, 0.15) is 17.9 Å². The van der Waals surface area contributed by atoms with Crippen LogP contribution in [-0.4, -0.2) is 54.2 Å². The van der Waals surface area contributed by atoms with Gasteiger partial charge >= 0.3 is 6.18 Å². The number of nitrogens with zero attached hydrogens (tertiary/aromatic N) is 4. The molecule has 3 aromatic rings. The Bertz CT molecular complexity index is 1110. The van der Waals surface area contributed by atoms with Crippen LogP contribution in [0.3, 0.4) is 0 Å². The number of hydrogen-bond donors (Lipinski definition) is 0. The van der Waals surface area contributed by atoms with Crippen molar-refractivity contribution in [2.45, 2.75) is 19.0 Å². The van der Waals surface area contributed by atoms with Crippen LogP contribution in [0.25, 0.3) is 11.4 Å². The topological polar surface area (TPSA) is 71.7 Å². The Hall–Kier alpha value is -3.56. The lowest BCUT2D eigenvalue weighted by Gasteiger charge is -2.36. The number of para-hydroxylation sites is 2. The molecule has 0 atom stereocenters. The number of halogens is 3. The second-order valence-electron chi connectivity index (χ2n) is 7.63. The number of carbonyl (C=O) groups excluding carboxylic acids is 1. The lowest BCUT2D eigenvalue weighted by atomic mass is 10.1. The summed E-state index contributed by atoms with van der Waals surface area (Å²) in [6.07, 6.45) is -4.05. The number of ether oxygens (including phenoxy) is 1. The highest BCUT2D eigenvalue weighted by molar-refractivity contribution is 5.76. The SMILES string of the molecule is COc1ccccc1N1CCN(C(=O)CCc2nc(-c3cccc(C(F)(F)F)c3)no2)CC1. The molecule has 1 aliphatic rings. The molecule has 0 aliphatic carbocycles. The predicted octanol–water partition coefficient (Wildman–Crippen LogP) is 4.05. The summed E-state index contributed by atoms with van der Waals surface area (Å²) in [6, 6.07) is 12.5. The van der Waals surface area contributed by atoms with Gasteiger partial charge in [-0.1, -0.05) is 29.4 Å². The van der Waals surface area contributed by atoms with Gasteiger partial charge in [0.25, 0.3) is 0 Å². The van der Waals surface area contributed by atoms with E-state index in [1.54, 1.807) is 12.0 Å². The van der Waals surface area contributed by atoms with Crippen molar-refractivity contribution in [3.05, 3.63) is 60.0 Å². The van der Waals surface area contributed by atoms with Crippen LogP contribution >= 0.6 is 0 Å². The average Bonchev–Trinajstić information content (AvgIpc) is 3.31. The van der Waals surface area contributed by atoms with Gasteiger partial charge in [0, 0.05) is 44.6 Å². The summed E-state index contributed by atoms with van der Waals surface area (Å²) >= 11 is 0. The van der Waals surface area contributed by atoms with Crippen molar-refractivity contribution < 1.29 is 27.2 Å². The third kappa shape index (κ3) is 5.27. The maximum atomic E-state index is 12.9. The summed E-state index contributed by atoms with van der Waals surface area (Å²) in [5.74, 6) is 1.04. The highest BCUT2D eigenvalue weighted by Gasteiger charge is 2.31. The summed E-state index contributed by atoms with van der Waals surface area (Å²) in [7, 11) is 1.63. The number of anilines is 1. The number of alkyl halides is 3. The zero-order valence-corrected chi connectivity index (χ0v) is 18.0. The first-order valence-corrected chi connectivity index (χ1v) is 10.5. The van der Waals surface area contributed by atoms with Gasteiger partial charge in [0.15, 0.2) is 0 Å². The third-order valence-electron chi connectivity index (χ3n) is 5.53. The van der Waals surface area contributed by atoms with Crippen molar-refractivity contribution in [2.24, 2.45) is 0 Å². The Balaban J connectivity index is 1.31. The minimum absolute atomic E-state index is 0.0338. The first-order chi connectivity index (χ1) is 15.8. The molecule has 33 heavy (non-hydrogen) atoms. The van der Waals surface area contributed by atoms with E-state index in [-0.39, 0.29) is 36.0 Å². The van der Waals surface area contributed by atoms with Gasteiger partial charge in [-0.15, -0.1) is 0 Å². The van der Waals surface area contributed by atoms with Crippen LogP contribution in [0.4, 0.5) is 18.9 Å². The van der Waals surface area contributed by atoms with Crippen molar-refractivity contribution in [1.82, 2.24) is 15.0 Å². The molecule has 1 aromatic heterocycles. The molecular formula is C23H23F3N4O3. The van der Waals surface area contributed by atoms with E-state index in [1.165, 1.54) is 12.1 Å². The minimum atomic E-state index is -4.45. The quantitative estimate of drug-likeness (QED) is 0.553. The van der Waals surface area contributed by atoms with Gasteiger partial charge in [-0.2, -0.15) is 18.2 Å². The molecule has 1 aliphatic heterocycles. The fraction of sp³-hybridized carbons (Fsp3) is 0.348. The first kappa shape index (κ1) is 22.6. The van der Waals surface area contributed by atoms with E-state index in [9.17, 15) is 18.0 Å². The van der Waals surface area contributed by atoms with Crippen molar-refractivity contribution in [3.8, 4) is 17.1 Å². The highest BCUT2D eigenvalue weighted by atomic mass is 19.4. The van der Waals surface area contributed by atoms with E-state index >= 15 is 0 Å². The Morgan fingerprint density at radius 1 is 1.09 bits per heavy atom. The van der Waals surface area contributed by atoms with E-state index < -0.39 is 11.7 Å². The Kier molecular flexibility index (Phi) is 6.52. The standard InChI is InChI=1S/C23H23F3N4O3/c1-32-19-8-3-2-7-18(19)29-11-13-30(14-12-29)21(31)10-9-20-27-22(28-33-20)16-5-4-6-17(15-16)23(24,25)26/h2-8,15H,9-14H2,1H3.